The molecule has 1 heterocycles. The van der Waals surface area contributed by atoms with Gasteiger partial charge in [-0.3, -0.25) is 14.6 Å². The Balaban J connectivity index is 1.73. The molecule has 0 saturated carbocycles. The van der Waals surface area contributed by atoms with Gasteiger partial charge in [0.25, 0.3) is 0 Å². The molecule has 0 radical (unpaired) electrons. The number of aliphatic imine (C=N–C) groups is 1. The normalized spacial score (nSPS) is 16.4. The molecule has 2 aromatic rings. The largest absolute Gasteiger partial charge is 0.497 e. The topological polar surface area (TPSA) is 132 Å². The quantitative estimate of drug-likeness (QED) is 0.572. The fourth-order valence-corrected chi connectivity index (χ4v) is 4.04. The highest BCUT2D eigenvalue weighted by Gasteiger charge is 2.30. The van der Waals surface area contributed by atoms with Crippen molar-refractivity contribution in [3.8, 4) is 5.75 Å². The molecule has 10 nitrogen and oxygen atoms in total. The van der Waals surface area contributed by atoms with Crippen molar-refractivity contribution in [3.05, 3.63) is 59.2 Å². The zero-order valence-electron chi connectivity index (χ0n) is 18.7. The molecule has 1 saturated heterocycles. The monoisotopic (exact) mass is 485 g/mol. The van der Waals surface area contributed by atoms with E-state index in [2.05, 4.69) is 15.6 Å². The average molecular weight is 486 g/mol. The number of nitrogens with zero attached hydrogens (tertiary/aromatic N) is 1. The highest BCUT2D eigenvalue weighted by molar-refractivity contribution is 8.15. The highest BCUT2D eigenvalue weighted by Crippen LogP contribution is 2.24. The number of benzene rings is 2. The first kappa shape index (κ1) is 24.8. The van der Waals surface area contributed by atoms with Gasteiger partial charge in [-0.05, 0) is 35.9 Å². The van der Waals surface area contributed by atoms with Gasteiger partial charge in [0.2, 0.25) is 11.8 Å². The summed E-state index contributed by atoms with van der Waals surface area (Å²) in [5, 5.41) is 4.89. The predicted octanol–water partition coefficient (Wildman–Crippen LogP) is 2.38. The second-order valence-electron chi connectivity index (χ2n) is 7.10. The van der Waals surface area contributed by atoms with Crippen molar-refractivity contribution in [3.63, 3.8) is 0 Å². The fraction of sp³-hybridized carbons (Fsp3) is 0.261. The smallest absolute Gasteiger partial charge is 0.337 e. The Morgan fingerprint density at radius 2 is 1.65 bits per heavy atom. The van der Waals surface area contributed by atoms with Crippen LogP contribution in [-0.2, 0) is 25.6 Å². The third-order valence-electron chi connectivity index (χ3n) is 4.77. The van der Waals surface area contributed by atoms with Crippen LogP contribution < -0.4 is 15.4 Å². The van der Waals surface area contributed by atoms with Gasteiger partial charge in [-0.1, -0.05) is 23.9 Å². The van der Waals surface area contributed by atoms with Crippen LogP contribution in [0.1, 0.15) is 32.7 Å². The van der Waals surface area contributed by atoms with Gasteiger partial charge in [-0.15, -0.1) is 0 Å². The number of amidine groups is 1. The second kappa shape index (κ2) is 11.3. The minimum atomic E-state index is -0.758. The maximum Gasteiger partial charge on any atom is 0.337 e. The average Bonchev–Trinajstić information content (AvgIpc) is 2.86. The molecule has 2 amide bonds. The van der Waals surface area contributed by atoms with Gasteiger partial charge >= 0.3 is 11.9 Å². The molecule has 0 aromatic heterocycles. The van der Waals surface area contributed by atoms with Crippen molar-refractivity contribution < 1.29 is 33.4 Å². The summed E-state index contributed by atoms with van der Waals surface area (Å²) in [6, 6.07) is 11.4. The van der Waals surface area contributed by atoms with Crippen LogP contribution in [0.4, 0.5) is 5.69 Å². The van der Waals surface area contributed by atoms with Crippen molar-refractivity contribution >= 4 is 46.4 Å². The van der Waals surface area contributed by atoms with E-state index in [9.17, 15) is 19.2 Å². The molecule has 178 valence electrons. The van der Waals surface area contributed by atoms with Gasteiger partial charge in [0, 0.05) is 12.1 Å². The Bertz CT molecular complexity index is 1100. The third-order valence-corrected chi connectivity index (χ3v) is 5.89. The van der Waals surface area contributed by atoms with E-state index in [1.54, 1.807) is 7.11 Å². The van der Waals surface area contributed by atoms with Gasteiger partial charge in [0.1, 0.15) is 11.0 Å². The molecule has 11 heteroatoms. The lowest BCUT2D eigenvalue weighted by Crippen LogP contribution is -2.42. The maximum absolute atomic E-state index is 12.9. The van der Waals surface area contributed by atoms with Gasteiger partial charge in [-0.25, -0.2) is 9.59 Å². The van der Waals surface area contributed by atoms with E-state index in [0.29, 0.717) is 11.7 Å². The summed E-state index contributed by atoms with van der Waals surface area (Å²) in [4.78, 5) is 53.4. The number of hydrogen-bond acceptors (Lipinski definition) is 9. The SMILES string of the molecule is COC(=O)c1cc(NC(=O)[C@H]2CC(=O)NC(=NCc3ccc(OC)cc3)S2)cc(C(=O)OC)c1. The molecule has 0 bridgehead atoms. The van der Waals surface area contributed by atoms with Crippen molar-refractivity contribution in [2.45, 2.75) is 18.2 Å². The number of nitrogens with one attached hydrogen (secondary N) is 2. The lowest BCUT2D eigenvalue weighted by molar-refractivity contribution is -0.123. The minimum Gasteiger partial charge on any atom is -0.497 e. The Morgan fingerprint density at radius 1 is 1.03 bits per heavy atom. The van der Waals surface area contributed by atoms with Gasteiger partial charge < -0.3 is 24.8 Å². The van der Waals surface area contributed by atoms with Crippen molar-refractivity contribution in [2.75, 3.05) is 26.6 Å². The second-order valence-corrected chi connectivity index (χ2v) is 8.29. The van der Waals surface area contributed by atoms with Crippen LogP contribution in [0.5, 0.6) is 5.75 Å². The van der Waals surface area contributed by atoms with E-state index >= 15 is 0 Å². The van der Waals surface area contributed by atoms with Gasteiger partial charge in [0.15, 0.2) is 5.17 Å². The number of methoxy groups -OCH3 is 3. The number of thioether (sulfide) groups is 1. The van der Waals surface area contributed by atoms with Crippen LogP contribution in [0.25, 0.3) is 0 Å². The molecule has 2 N–H and O–H groups in total. The Kier molecular flexibility index (Phi) is 8.25. The third kappa shape index (κ3) is 6.35. The Morgan fingerprint density at radius 3 is 2.21 bits per heavy atom. The van der Waals surface area contributed by atoms with E-state index in [-0.39, 0.29) is 29.1 Å². The van der Waals surface area contributed by atoms with E-state index in [1.807, 2.05) is 24.3 Å². The van der Waals surface area contributed by atoms with Crippen molar-refractivity contribution in [1.29, 1.82) is 0 Å². The number of carbonyl (C=O) groups is 4. The molecule has 0 spiro atoms. The van der Waals surface area contributed by atoms with Gasteiger partial charge in [0.05, 0.1) is 39.0 Å². The first-order valence-corrected chi connectivity index (χ1v) is 11.0. The summed E-state index contributed by atoms with van der Waals surface area (Å²) in [5.41, 5.74) is 1.23. The number of rotatable bonds is 7. The van der Waals surface area contributed by atoms with Crippen molar-refractivity contribution in [1.82, 2.24) is 5.32 Å². The van der Waals surface area contributed by atoms with Crippen LogP contribution >= 0.6 is 11.8 Å². The highest BCUT2D eigenvalue weighted by atomic mass is 32.2. The molecule has 1 fully saturated rings. The number of esters is 2. The summed E-state index contributed by atoms with van der Waals surface area (Å²) in [6.07, 6.45) is -0.0569. The molecule has 3 rings (SSSR count). The van der Waals surface area contributed by atoms with Crippen molar-refractivity contribution in [2.24, 2.45) is 4.99 Å². The maximum atomic E-state index is 12.9. The molecule has 1 aliphatic rings. The molecule has 0 unspecified atom stereocenters. The van der Waals surface area contributed by atoms with E-state index in [4.69, 9.17) is 14.2 Å². The van der Waals surface area contributed by atoms with Crippen LogP contribution in [0.15, 0.2) is 47.5 Å². The molecule has 2 aromatic carbocycles. The lowest BCUT2D eigenvalue weighted by Gasteiger charge is -2.22. The van der Waals surface area contributed by atoms with Crippen LogP contribution in [0, 0.1) is 0 Å². The molecule has 1 aliphatic heterocycles. The number of anilines is 1. The standard InChI is InChI=1S/C23H23N3O7S/c1-31-17-6-4-13(5-7-17)12-24-23-26-19(27)11-18(34-23)20(28)25-16-9-14(21(29)32-2)8-15(10-16)22(30)33-3/h4-10,18H,11-12H2,1-3H3,(H,25,28)(H,24,26,27)/t18-/m1/s1. The molecular formula is C23H23N3O7S. The summed E-state index contributed by atoms with van der Waals surface area (Å²) in [6.45, 7) is 0.310. The van der Waals surface area contributed by atoms with Gasteiger partial charge in [-0.2, -0.15) is 0 Å². The van der Waals surface area contributed by atoms with E-state index in [1.165, 1.54) is 32.4 Å². The zero-order valence-corrected chi connectivity index (χ0v) is 19.6. The molecule has 0 aliphatic carbocycles. The lowest BCUT2D eigenvalue weighted by atomic mass is 10.1. The number of carbonyl (C=O) groups excluding carboxylic acids is 4. The molecule has 34 heavy (non-hydrogen) atoms. The van der Waals surface area contributed by atoms with Crippen LogP contribution in [0.3, 0.4) is 0 Å². The zero-order chi connectivity index (χ0) is 24.7. The Labute approximate surface area is 200 Å². The van der Waals surface area contributed by atoms with E-state index < -0.39 is 23.1 Å². The summed E-state index contributed by atoms with van der Waals surface area (Å²) < 4.78 is 14.5. The van der Waals surface area contributed by atoms with Crippen LogP contribution in [-0.4, -0.2) is 55.5 Å². The Hall–Kier alpha value is -3.86. The molecule has 1 atom stereocenters. The van der Waals surface area contributed by atoms with Crippen LogP contribution in [0.2, 0.25) is 0 Å². The number of ether oxygens (including phenoxy) is 3. The number of hydrogen-bond donors (Lipinski definition) is 2. The summed E-state index contributed by atoms with van der Waals surface area (Å²) in [5.74, 6) is -1.46. The first-order chi connectivity index (χ1) is 16.3. The number of amides is 2. The summed E-state index contributed by atoms with van der Waals surface area (Å²) in [7, 11) is 3.99. The molecular weight excluding hydrogens is 462 g/mol. The predicted molar refractivity (Wildman–Crippen MR) is 126 cm³/mol. The first-order valence-electron chi connectivity index (χ1n) is 10.1. The fourth-order valence-electron chi connectivity index (χ4n) is 3.06. The minimum absolute atomic E-state index is 0.0569. The summed E-state index contributed by atoms with van der Waals surface area (Å²) >= 11 is 1.12. The van der Waals surface area contributed by atoms with E-state index in [0.717, 1.165) is 23.1 Å².